The van der Waals surface area contributed by atoms with Crippen molar-refractivity contribution in [3.05, 3.63) is 36.5 Å². The van der Waals surface area contributed by atoms with Crippen LogP contribution in [0.1, 0.15) is 19.8 Å². The minimum absolute atomic E-state index is 0.188. The molecule has 7 nitrogen and oxygen atoms in total. The first-order chi connectivity index (χ1) is 12.1. The summed E-state index contributed by atoms with van der Waals surface area (Å²) in [6.45, 7) is 2.35. The van der Waals surface area contributed by atoms with Gasteiger partial charge in [-0.1, -0.05) is 6.92 Å². The van der Waals surface area contributed by atoms with Crippen LogP contribution in [0.15, 0.2) is 36.5 Å². The van der Waals surface area contributed by atoms with E-state index in [1.807, 2.05) is 31.2 Å². The molecule has 128 valence electrons. The lowest BCUT2D eigenvalue weighted by molar-refractivity contribution is -0.123. The van der Waals surface area contributed by atoms with Gasteiger partial charge in [-0.2, -0.15) is 10.2 Å². The molecule has 2 aromatic rings. The van der Waals surface area contributed by atoms with Gasteiger partial charge in [0.1, 0.15) is 17.0 Å². The van der Waals surface area contributed by atoms with Gasteiger partial charge in [-0.15, -0.1) is 0 Å². The Morgan fingerprint density at radius 3 is 2.72 bits per heavy atom. The van der Waals surface area contributed by atoms with Crippen LogP contribution in [0.25, 0.3) is 0 Å². The van der Waals surface area contributed by atoms with E-state index in [9.17, 15) is 10.1 Å². The predicted molar refractivity (Wildman–Crippen MR) is 93.6 cm³/mol. The van der Waals surface area contributed by atoms with Gasteiger partial charge in [-0.25, -0.2) is 4.98 Å². The molecule has 25 heavy (non-hydrogen) atoms. The molecule has 1 fully saturated rings. The predicted octanol–water partition coefficient (Wildman–Crippen LogP) is 2.89. The van der Waals surface area contributed by atoms with Gasteiger partial charge < -0.3 is 10.1 Å². The molecule has 1 amide bonds. The third-order valence-corrected chi connectivity index (χ3v) is 4.50. The van der Waals surface area contributed by atoms with Gasteiger partial charge in [0.05, 0.1) is 13.2 Å². The summed E-state index contributed by atoms with van der Waals surface area (Å²) >= 11 is 0. The van der Waals surface area contributed by atoms with Gasteiger partial charge in [0.15, 0.2) is 0 Å². The monoisotopic (exact) mass is 337 g/mol. The standard InChI is InChI=1S/C18H19N5O2/c1-3-18(12-19)9-11-23(16(18)24)15-8-10-20-17(22-15)21-13-4-6-14(25-2)7-5-13/h4-8,10H,3,9,11H2,1-2H3,(H,20,21,22). The number of nitriles is 1. The zero-order chi connectivity index (χ0) is 17.9. The Morgan fingerprint density at radius 2 is 2.12 bits per heavy atom. The molecule has 1 aliphatic heterocycles. The Morgan fingerprint density at radius 1 is 1.36 bits per heavy atom. The lowest BCUT2D eigenvalue weighted by atomic mass is 9.85. The van der Waals surface area contributed by atoms with Crippen LogP contribution in [0.5, 0.6) is 5.75 Å². The average molecular weight is 337 g/mol. The summed E-state index contributed by atoms with van der Waals surface area (Å²) in [4.78, 5) is 22.8. The Labute approximate surface area is 146 Å². The number of ether oxygens (including phenoxy) is 1. The second-order valence-corrected chi connectivity index (χ2v) is 5.85. The maximum absolute atomic E-state index is 12.6. The fourth-order valence-corrected chi connectivity index (χ4v) is 2.86. The van der Waals surface area contributed by atoms with E-state index in [4.69, 9.17) is 4.74 Å². The van der Waals surface area contributed by atoms with Crippen LogP contribution < -0.4 is 15.0 Å². The van der Waals surface area contributed by atoms with Crippen molar-refractivity contribution in [1.29, 1.82) is 5.26 Å². The molecule has 0 bridgehead atoms. The number of amides is 1. The fraction of sp³-hybridized carbons (Fsp3) is 0.333. The van der Waals surface area contributed by atoms with E-state index in [-0.39, 0.29) is 5.91 Å². The number of rotatable bonds is 5. The highest BCUT2D eigenvalue weighted by molar-refractivity contribution is 6.01. The SMILES string of the molecule is CCC1(C#N)CCN(c2ccnc(Nc3ccc(OC)cc3)n2)C1=O. The van der Waals surface area contributed by atoms with Crippen LogP contribution in [0, 0.1) is 16.7 Å². The number of nitrogens with one attached hydrogen (secondary N) is 1. The highest BCUT2D eigenvalue weighted by Gasteiger charge is 2.46. The van der Waals surface area contributed by atoms with Crippen molar-refractivity contribution in [2.24, 2.45) is 5.41 Å². The average Bonchev–Trinajstić information content (AvgIpc) is 2.99. The Kier molecular flexibility index (Phi) is 4.52. The summed E-state index contributed by atoms with van der Waals surface area (Å²) in [7, 11) is 1.61. The van der Waals surface area contributed by atoms with Gasteiger partial charge >= 0.3 is 0 Å². The number of nitrogens with zero attached hydrogens (tertiary/aromatic N) is 4. The summed E-state index contributed by atoms with van der Waals surface area (Å²) < 4.78 is 5.13. The van der Waals surface area contributed by atoms with Crippen molar-refractivity contribution in [1.82, 2.24) is 9.97 Å². The summed E-state index contributed by atoms with van der Waals surface area (Å²) in [6.07, 6.45) is 2.62. The van der Waals surface area contributed by atoms with Crippen LogP contribution >= 0.6 is 0 Å². The van der Waals surface area contributed by atoms with E-state index in [0.29, 0.717) is 31.2 Å². The quantitative estimate of drug-likeness (QED) is 0.902. The molecule has 0 spiro atoms. The van der Waals surface area contributed by atoms with Crippen LogP contribution in [0.4, 0.5) is 17.5 Å². The van der Waals surface area contributed by atoms with Crippen LogP contribution in [0.2, 0.25) is 0 Å². The van der Waals surface area contributed by atoms with E-state index in [2.05, 4.69) is 21.4 Å². The van der Waals surface area contributed by atoms with Crippen molar-refractivity contribution in [2.75, 3.05) is 23.9 Å². The smallest absolute Gasteiger partial charge is 0.248 e. The zero-order valence-corrected chi connectivity index (χ0v) is 14.2. The summed E-state index contributed by atoms with van der Waals surface area (Å²) in [5.74, 6) is 1.46. The summed E-state index contributed by atoms with van der Waals surface area (Å²) in [6, 6.07) is 11.2. The minimum atomic E-state index is -0.936. The van der Waals surface area contributed by atoms with E-state index in [1.54, 1.807) is 24.3 Å². The Hall–Kier alpha value is -3.14. The van der Waals surface area contributed by atoms with Gasteiger partial charge in [-0.05, 0) is 43.2 Å². The first-order valence-electron chi connectivity index (χ1n) is 8.09. The van der Waals surface area contributed by atoms with E-state index in [1.165, 1.54) is 0 Å². The molecule has 1 N–H and O–H groups in total. The van der Waals surface area contributed by atoms with Gasteiger partial charge in [-0.3, -0.25) is 9.69 Å². The summed E-state index contributed by atoms with van der Waals surface area (Å²) in [5, 5.41) is 12.5. The molecule has 0 aliphatic carbocycles. The highest BCUT2D eigenvalue weighted by atomic mass is 16.5. The Balaban J connectivity index is 1.80. The van der Waals surface area contributed by atoms with Crippen molar-refractivity contribution in [2.45, 2.75) is 19.8 Å². The number of carbonyl (C=O) groups excluding carboxylic acids is 1. The molecule has 3 rings (SSSR count). The molecular formula is C18H19N5O2. The minimum Gasteiger partial charge on any atom is -0.497 e. The topological polar surface area (TPSA) is 91.1 Å². The number of benzene rings is 1. The molecule has 1 aromatic heterocycles. The van der Waals surface area contributed by atoms with Crippen molar-refractivity contribution < 1.29 is 9.53 Å². The molecule has 1 atom stereocenters. The van der Waals surface area contributed by atoms with Crippen molar-refractivity contribution >= 4 is 23.4 Å². The van der Waals surface area contributed by atoms with Crippen LogP contribution in [-0.2, 0) is 4.79 Å². The molecule has 7 heteroatoms. The number of carbonyl (C=O) groups is 1. The molecule has 1 aliphatic rings. The van der Waals surface area contributed by atoms with Crippen LogP contribution in [-0.4, -0.2) is 29.5 Å². The number of aromatic nitrogens is 2. The normalized spacial score (nSPS) is 19.6. The molecule has 2 heterocycles. The molecular weight excluding hydrogens is 318 g/mol. The molecule has 1 saturated heterocycles. The zero-order valence-electron chi connectivity index (χ0n) is 14.2. The third kappa shape index (κ3) is 3.11. The molecule has 1 aromatic carbocycles. The highest BCUT2D eigenvalue weighted by Crippen LogP contribution is 2.36. The van der Waals surface area contributed by atoms with E-state index >= 15 is 0 Å². The van der Waals surface area contributed by atoms with Gasteiger partial charge in [0.25, 0.3) is 0 Å². The third-order valence-electron chi connectivity index (χ3n) is 4.50. The molecule has 1 unspecified atom stereocenters. The van der Waals surface area contributed by atoms with Gasteiger partial charge in [0.2, 0.25) is 11.9 Å². The number of hydrogen-bond donors (Lipinski definition) is 1. The number of hydrogen-bond acceptors (Lipinski definition) is 6. The maximum Gasteiger partial charge on any atom is 0.248 e. The van der Waals surface area contributed by atoms with E-state index in [0.717, 1.165) is 11.4 Å². The lowest BCUT2D eigenvalue weighted by Gasteiger charge is -2.19. The fourth-order valence-electron chi connectivity index (χ4n) is 2.86. The summed E-state index contributed by atoms with van der Waals surface area (Å²) in [5.41, 5.74) is -0.125. The van der Waals surface area contributed by atoms with E-state index < -0.39 is 5.41 Å². The molecule has 0 saturated carbocycles. The number of anilines is 3. The van der Waals surface area contributed by atoms with Gasteiger partial charge in [0, 0.05) is 18.4 Å². The lowest BCUT2D eigenvalue weighted by Crippen LogP contribution is -2.33. The van der Waals surface area contributed by atoms with Crippen molar-refractivity contribution in [3.8, 4) is 11.8 Å². The molecule has 0 radical (unpaired) electrons. The first kappa shape index (κ1) is 16.7. The number of methoxy groups -OCH3 is 1. The second-order valence-electron chi connectivity index (χ2n) is 5.85. The second kappa shape index (κ2) is 6.77. The van der Waals surface area contributed by atoms with Crippen LogP contribution in [0.3, 0.4) is 0 Å². The maximum atomic E-state index is 12.6. The van der Waals surface area contributed by atoms with Crippen molar-refractivity contribution in [3.63, 3.8) is 0 Å². The largest absolute Gasteiger partial charge is 0.497 e. The first-order valence-corrected chi connectivity index (χ1v) is 8.09. The Bertz CT molecular complexity index is 815.